The zero-order valence-electron chi connectivity index (χ0n) is 9.19. The van der Waals surface area contributed by atoms with Crippen LogP contribution in [0, 0.1) is 0 Å². The lowest BCUT2D eigenvalue weighted by atomic mass is 9.96. The van der Waals surface area contributed by atoms with E-state index in [1.165, 1.54) is 12.7 Å². The molecule has 1 aromatic carbocycles. The molecule has 0 spiro atoms. The summed E-state index contributed by atoms with van der Waals surface area (Å²) in [6.45, 7) is 0.815. The predicted octanol–water partition coefficient (Wildman–Crippen LogP) is 1.85. The number of phenols is 1. The van der Waals surface area contributed by atoms with Gasteiger partial charge in [0, 0.05) is 30.6 Å². The Morgan fingerprint density at radius 1 is 1.62 bits per heavy atom. The van der Waals surface area contributed by atoms with Crippen molar-refractivity contribution < 1.29 is 14.6 Å². The Morgan fingerprint density at radius 3 is 3.19 bits per heavy atom. The largest absolute Gasteiger partial charge is 0.508 e. The summed E-state index contributed by atoms with van der Waals surface area (Å²) in [6.07, 6.45) is 1.21. The molecule has 2 rings (SSSR count). The number of rotatable bonds is 3. The van der Waals surface area contributed by atoms with Crippen LogP contribution in [0.3, 0.4) is 0 Å². The van der Waals surface area contributed by atoms with Crippen LogP contribution in [0.25, 0.3) is 0 Å². The quantitative estimate of drug-likeness (QED) is 0.765. The molecule has 0 aliphatic carbocycles. The van der Waals surface area contributed by atoms with Crippen molar-refractivity contribution in [1.29, 1.82) is 0 Å². The number of methoxy groups -OCH3 is 1. The first-order valence-electron chi connectivity index (χ1n) is 5.34. The molecule has 0 radical (unpaired) electrons. The molecule has 1 aromatic rings. The van der Waals surface area contributed by atoms with Gasteiger partial charge in [-0.3, -0.25) is 4.79 Å². The van der Waals surface area contributed by atoms with Crippen molar-refractivity contribution in [2.45, 2.75) is 18.8 Å². The van der Waals surface area contributed by atoms with Gasteiger partial charge in [-0.25, -0.2) is 0 Å². The zero-order chi connectivity index (χ0) is 11.5. The van der Waals surface area contributed by atoms with E-state index in [4.69, 9.17) is 0 Å². The zero-order valence-corrected chi connectivity index (χ0v) is 9.19. The molecule has 1 heterocycles. The van der Waals surface area contributed by atoms with E-state index in [2.05, 4.69) is 10.1 Å². The number of hydrogen-bond donors (Lipinski definition) is 2. The Kier molecular flexibility index (Phi) is 2.99. The molecule has 1 unspecified atom stereocenters. The number of carbonyl (C=O) groups excluding carboxylic acids is 1. The molecule has 86 valence electrons. The van der Waals surface area contributed by atoms with Crippen molar-refractivity contribution in [2.24, 2.45) is 0 Å². The van der Waals surface area contributed by atoms with Crippen LogP contribution in [-0.2, 0) is 9.53 Å². The molecule has 0 fully saturated rings. The number of nitrogens with one attached hydrogen (secondary N) is 1. The number of anilines is 1. The van der Waals surface area contributed by atoms with E-state index in [1.54, 1.807) is 12.1 Å². The Bertz CT molecular complexity index is 403. The summed E-state index contributed by atoms with van der Waals surface area (Å²) in [5.74, 6) is 0.418. The predicted molar refractivity (Wildman–Crippen MR) is 60.6 cm³/mol. The van der Waals surface area contributed by atoms with Gasteiger partial charge in [-0.15, -0.1) is 0 Å². The first-order chi connectivity index (χ1) is 7.70. The second-order valence-corrected chi connectivity index (χ2v) is 3.96. The fourth-order valence-corrected chi connectivity index (χ4v) is 2.05. The standard InChI is InChI=1S/C12H15NO3/c1-16-12(15)5-2-8-7-13-11-6-9(14)3-4-10(8)11/h3-4,6,8,13-14H,2,5,7H2,1H3. The molecule has 0 saturated heterocycles. The highest BCUT2D eigenvalue weighted by Crippen LogP contribution is 2.36. The van der Waals surface area contributed by atoms with Crippen LogP contribution in [0.4, 0.5) is 5.69 Å². The molecule has 1 aliphatic rings. The van der Waals surface area contributed by atoms with Gasteiger partial charge in [0.2, 0.25) is 0 Å². The summed E-state index contributed by atoms with van der Waals surface area (Å²) < 4.78 is 4.62. The van der Waals surface area contributed by atoms with Gasteiger partial charge in [0.1, 0.15) is 5.75 Å². The van der Waals surface area contributed by atoms with Gasteiger partial charge in [-0.2, -0.15) is 0 Å². The highest BCUT2D eigenvalue weighted by Gasteiger charge is 2.22. The van der Waals surface area contributed by atoms with E-state index >= 15 is 0 Å². The summed E-state index contributed by atoms with van der Waals surface area (Å²) >= 11 is 0. The average molecular weight is 221 g/mol. The average Bonchev–Trinajstić information content (AvgIpc) is 2.68. The topological polar surface area (TPSA) is 58.6 Å². The highest BCUT2D eigenvalue weighted by molar-refractivity contribution is 5.69. The fraction of sp³-hybridized carbons (Fsp3) is 0.417. The minimum absolute atomic E-state index is 0.174. The molecule has 0 amide bonds. The van der Waals surface area contributed by atoms with Crippen molar-refractivity contribution >= 4 is 11.7 Å². The Morgan fingerprint density at radius 2 is 2.44 bits per heavy atom. The van der Waals surface area contributed by atoms with Crippen molar-refractivity contribution in [3.63, 3.8) is 0 Å². The van der Waals surface area contributed by atoms with Crippen molar-refractivity contribution in [1.82, 2.24) is 0 Å². The van der Waals surface area contributed by atoms with Crippen molar-refractivity contribution in [2.75, 3.05) is 19.0 Å². The lowest BCUT2D eigenvalue weighted by molar-refractivity contribution is -0.140. The van der Waals surface area contributed by atoms with E-state index in [-0.39, 0.29) is 11.7 Å². The first kappa shape index (κ1) is 10.8. The minimum atomic E-state index is -0.174. The van der Waals surface area contributed by atoms with Crippen LogP contribution in [-0.4, -0.2) is 24.7 Å². The fourth-order valence-electron chi connectivity index (χ4n) is 2.05. The van der Waals surface area contributed by atoms with E-state index in [0.717, 1.165) is 18.7 Å². The Hall–Kier alpha value is -1.71. The molecule has 4 heteroatoms. The molecule has 0 saturated carbocycles. The van der Waals surface area contributed by atoms with Crippen LogP contribution >= 0.6 is 0 Å². The summed E-state index contributed by atoms with van der Waals surface area (Å²) in [5, 5.41) is 12.5. The molecular weight excluding hydrogens is 206 g/mol. The number of esters is 1. The second kappa shape index (κ2) is 4.43. The normalized spacial score (nSPS) is 17.7. The first-order valence-corrected chi connectivity index (χ1v) is 5.34. The Balaban J connectivity index is 2.03. The maximum Gasteiger partial charge on any atom is 0.305 e. The number of carbonyl (C=O) groups is 1. The number of hydrogen-bond acceptors (Lipinski definition) is 4. The van der Waals surface area contributed by atoms with E-state index in [9.17, 15) is 9.90 Å². The second-order valence-electron chi connectivity index (χ2n) is 3.96. The Labute approximate surface area is 94.2 Å². The van der Waals surface area contributed by atoms with Gasteiger partial charge < -0.3 is 15.2 Å². The number of fused-ring (bicyclic) bond motifs is 1. The van der Waals surface area contributed by atoms with E-state index in [1.807, 2.05) is 6.07 Å². The summed E-state index contributed by atoms with van der Waals surface area (Å²) in [6, 6.07) is 5.30. The molecule has 0 bridgehead atoms. The summed E-state index contributed by atoms with van der Waals surface area (Å²) in [7, 11) is 1.40. The van der Waals surface area contributed by atoms with E-state index < -0.39 is 0 Å². The van der Waals surface area contributed by atoms with Crippen LogP contribution in [0.1, 0.15) is 24.3 Å². The third-order valence-electron chi connectivity index (χ3n) is 2.94. The lowest BCUT2D eigenvalue weighted by Gasteiger charge is -2.08. The maximum absolute atomic E-state index is 11.1. The SMILES string of the molecule is COC(=O)CCC1CNc2cc(O)ccc21. The summed E-state index contributed by atoms with van der Waals surface area (Å²) in [5.41, 5.74) is 2.14. The molecule has 1 aliphatic heterocycles. The third-order valence-corrected chi connectivity index (χ3v) is 2.94. The van der Waals surface area contributed by atoms with Gasteiger partial charge in [-0.1, -0.05) is 6.07 Å². The van der Waals surface area contributed by atoms with Gasteiger partial charge in [-0.05, 0) is 18.1 Å². The molecule has 2 N–H and O–H groups in total. The van der Waals surface area contributed by atoms with Gasteiger partial charge in [0.25, 0.3) is 0 Å². The van der Waals surface area contributed by atoms with Gasteiger partial charge in [0.15, 0.2) is 0 Å². The van der Waals surface area contributed by atoms with E-state index in [0.29, 0.717) is 12.3 Å². The molecule has 1 atom stereocenters. The monoisotopic (exact) mass is 221 g/mol. The minimum Gasteiger partial charge on any atom is -0.508 e. The van der Waals surface area contributed by atoms with Crippen LogP contribution in [0.15, 0.2) is 18.2 Å². The van der Waals surface area contributed by atoms with Crippen LogP contribution in [0.2, 0.25) is 0 Å². The molecular formula is C12H15NO3. The number of phenolic OH excluding ortho intramolecular Hbond substituents is 1. The smallest absolute Gasteiger partial charge is 0.305 e. The van der Waals surface area contributed by atoms with Crippen molar-refractivity contribution in [3.05, 3.63) is 23.8 Å². The van der Waals surface area contributed by atoms with Crippen molar-refractivity contribution in [3.8, 4) is 5.75 Å². The lowest BCUT2D eigenvalue weighted by Crippen LogP contribution is -2.06. The van der Waals surface area contributed by atoms with Crippen LogP contribution < -0.4 is 5.32 Å². The van der Waals surface area contributed by atoms with Gasteiger partial charge >= 0.3 is 5.97 Å². The number of ether oxygens (including phenoxy) is 1. The van der Waals surface area contributed by atoms with Crippen LogP contribution in [0.5, 0.6) is 5.75 Å². The number of aromatic hydroxyl groups is 1. The van der Waals surface area contributed by atoms with Gasteiger partial charge in [0.05, 0.1) is 7.11 Å². The molecule has 4 nitrogen and oxygen atoms in total. The molecule has 16 heavy (non-hydrogen) atoms. The number of benzene rings is 1. The summed E-state index contributed by atoms with van der Waals surface area (Å²) in [4.78, 5) is 11.1. The highest BCUT2D eigenvalue weighted by atomic mass is 16.5. The third kappa shape index (κ3) is 2.10. The maximum atomic E-state index is 11.1. The molecule has 0 aromatic heterocycles.